The molecule has 0 aromatic rings. The van der Waals surface area contributed by atoms with Gasteiger partial charge in [0.2, 0.25) is 0 Å². The number of unbranched alkanes of at least 4 members (excludes halogenated alkanes) is 2. The summed E-state index contributed by atoms with van der Waals surface area (Å²) in [7, 11) is 0. The average Bonchev–Trinajstić information content (AvgIpc) is 2.75. The van der Waals surface area contributed by atoms with E-state index in [0.29, 0.717) is 0 Å². The fraction of sp³-hybridized carbons (Fsp3) is 0.929. The highest BCUT2D eigenvalue weighted by molar-refractivity contribution is 4.97. The third-order valence-electron chi connectivity index (χ3n) is 8.83. The molecule has 3 aliphatic carbocycles. The van der Waals surface area contributed by atoms with Crippen molar-refractivity contribution in [1.29, 1.82) is 0 Å². The molecule has 0 unspecified atom stereocenters. The van der Waals surface area contributed by atoms with E-state index in [9.17, 15) is 0 Å². The predicted octanol–water partition coefficient (Wildman–Crippen LogP) is 9.34. The molecule has 0 aliphatic heterocycles. The van der Waals surface area contributed by atoms with Crippen LogP contribution in [0.25, 0.3) is 0 Å². The van der Waals surface area contributed by atoms with E-state index in [0.717, 1.165) is 35.5 Å². The lowest BCUT2D eigenvalue weighted by molar-refractivity contribution is 0.151. The number of allylic oxidation sites excluding steroid dienone is 2. The van der Waals surface area contributed by atoms with Crippen molar-refractivity contribution in [2.24, 2.45) is 35.5 Å². The van der Waals surface area contributed by atoms with Gasteiger partial charge in [-0.25, -0.2) is 0 Å². The van der Waals surface area contributed by atoms with Gasteiger partial charge in [-0.05, 0) is 99.7 Å². The van der Waals surface area contributed by atoms with Gasteiger partial charge in [-0.15, -0.1) is 0 Å². The van der Waals surface area contributed by atoms with Crippen molar-refractivity contribution >= 4 is 0 Å². The summed E-state index contributed by atoms with van der Waals surface area (Å²) in [5.74, 6) is 6.11. The van der Waals surface area contributed by atoms with Crippen molar-refractivity contribution in [2.45, 2.75) is 129 Å². The summed E-state index contributed by atoms with van der Waals surface area (Å²) in [6.45, 7) is 4.68. The van der Waals surface area contributed by atoms with Gasteiger partial charge >= 0.3 is 0 Å². The Morgan fingerprint density at radius 1 is 0.500 bits per heavy atom. The summed E-state index contributed by atoms with van der Waals surface area (Å²) in [4.78, 5) is 0. The molecule has 3 saturated carbocycles. The lowest BCUT2D eigenvalue weighted by atomic mass is 9.68. The second-order valence-electron chi connectivity index (χ2n) is 10.9. The summed E-state index contributed by atoms with van der Waals surface area (Å²) in [5.41, 5.74) is 0. The van der Waals surface area contributed by atoms with Crippen LogP contribution in [-0.4, -0.2) is 0 Å². The van der Waals surface area contributed by atoms with Crippen molar-refractivity contribution in [2.75, 3.05) is 0 Å². The lowest BCUT2D eigenvalue weighted by Crippen LogP contribution is -2.25. The van der Waals surface area contributed by atoms with Crippen molar-refractivity contribution in [3.05, 3.63) is 12.2 Å². The molecule has 162 valence electrons. The van der Waals surface area contributed by atoms with E-state index in [1.165, 1.54) is 89.9 Å². The Morgan fingerprint density at radius 3 is 1.50 bits per heavy atom. The van der Waals surface area contributed by atoms with Crippen LogP contribution < -0.4 is 0 Å². The monoisotopic (exact) mass is 386 g/mol. The van der Waals surface area contributed by atoms with Gasteiger partial charge in [0, 0.05) is 0 Å². The minimum Gasteiger partial charge on any atom is -0.0851 e. The molecule has 0 heterocycles. The van der Waals surface area contributed by atoms with E-state index in [1.54, 1.807) is 25.7 Å². The Kier molecular flexibility index (Phi) is 9.96. The molecule has 0 spiro atoms. The second-order valence-corrected chi connectivity index (χ2v) is 10.9. The summed E-state index contributed by atoms with van der Waals surface area (Å²) < 4.78 is 0. The van der Waals surface area contributed by atoms with Crippen LogP contribution in [0.4, 0.5) is 0 Å². The topological polar surface area (TPSA) is 0 Å². The fourth-order valence-corrected chi connectivity index (χ4v) is 6.83. The van der Waals surface area contributed by atoms with E-state index in [4.69, 9.17) is 0 Å². The SMILES string of the molecule is CCCCCC1CCC(C2CCC(/C=C/C3CCC(CCC)CC3)CC2)CC1. The van der Waals surface area contributed by atoms with E-state index < -0.39 is 0 Å². The Balaban J connectivity index is 1.30. The molecule has 0 atom stereocenters. The Morgan fingerprint density at radius 2 is 0.964 bits per heavy atom. The maximum atomic E-state index is 2.66. The molecular formula is C28H50. The van der Waals surface area contributed by atoms with Gasteiger partial charge in [0.1, 0.15) is 0 Å². The zero-order valence-electron chi connectivity index (χ0n) is 19.3. The van der Waals surface area contributed by atoms with Gasteiger partial charge in [0.25, 0.3) is 0 Å². The normalized spacial score (nSPS) is 37.4. The van der Waals surface area contributed by atoms with Crippen molar-refractivity contribution < 1.29 is 0 Å². The molecular weight excluding hydrogens is 336 g/mol. The predicted molar refractivity (Wildman–Crippen MR) is 125 cm³/mol. The first kappa shape index (κ1) is 22.4. The molecule has 3 fully saturated rings. The summed E-state index contributed by atoms with van der Waals surface area (Å²) in [6, 6.07) is 0. The zero-order chi connectivity index (χ0) is 19.6. The van der Waals surface area contributed by atoms with Gasteiger partial charge < -0.3 is 0 Å². The van der Waals surface area contributed by atoms with Crippen LogP contribution in [0.1, 0.15) is 129 Å². The highest BCUT2D eigenvalue weighted by Gasteiger charge is 2.30. The van der Waals surface area contributed by atoms with Crippen LogP contribution in [0.15, 0.2) is 12.2 Å². The third-order valence-corrected chi connectivity index (χ3v) is 8.83. The van der Waals surface area contributed by atoms with Crippen molar-refractivity contribution in [3.8, 4) is 0 Å². The third kappa shape index (κ3) is 7.21. The molecule has 0 bridgehead atoms. The number of rotatable bonds is 9. The molecule has 28 heavy (non-hydrogen) atoms. The molecule has 0 N–H and O–H groups in total. The van der Waals surface area contributed by atoms with Crippen molar-refractivity contribution in [1.82, 2.24) is 0 Å². The van der Waals surface area contributed by atoms with Gasteiger partial charge in [-0.1, -0.05) is 77.4 Å². The standard InChI is InChI=1S/C28H50/c1-3-5-6-8-24-15-19-27(20-16-24)28-21-17-26(18-22-28)14-13-25-11-9-23(7-4-2)10-12-25/h13-14,23-28H,3-12,15-22H2,1-2H3/b14-13+. The highest BCUT2D eigenvalue weighted by Crippen LogP contribution is 2.43. The van der Waals surface area contributed by atoms with Gasteiger partial charge in [-0.3, -0.25) is 0 Å². The molecule has 3 aliphatic rings. The van der Waals surface area contributed by atoms with Crippen LogP contribution in [0.2, 0.25) is 0 Å². The van der Waals surface area contributed by atoms with Gasteiger partial charge in [0.05, 0.1) is 0 Å². The quantitative estimate of drug-likeness (QED) is 0.273. The maximum absolute atomic E-state index is 2.66. The smallest absolute Gasteiger partial charge is 0.0233 e. The van der Waals surface area contributed by atoms with E-state index >= 15 is 0 Å². The first-order valence-electron chi connectivity index (χ1n) is 13.5. The van der Waals surface area contributed by atoms with Crippen LogP contribution in [-0.2, 0) is 0 Å². The van der Waals surface area contributed by atoms with E-state index in [2.05, 4.69) is 26.0 Å². The van der Waals surface area contributed by atoms with Gasteiger partial charge in [-0.2, -0.15) is 0 Å². The molecule has 0 nitrogen and oxygen atoms in total. The second kappa shape index (κ2) is 12.4. The molecule has 0 saturated heterocycles. The summed E-state index contributed by atoms with van der Waals surface area (Å²) in [5, 5.41) is 0. The minimum absolute atomic E-state index is 0.911. The minimum atomic E-state index is 0.911. The Bertz CT molecular complexity index is 411. The van der Waals surface area contributed by atoms with Crippen molar-refractivity contribution in [3.63, 3.8) is 0 Å². The maximum Gasteiger partial charge on any atom is -0.0233 e. The molecule has 0 radical (unpaired) electrons. The Labute approximate surface area is 177 Å². The molecule has 0 aromatic heterocycles. The summed E-state index contributed by atoms with van der Waals surface area (Å²) in [6.07, 6.45) is 32.2. The largest absolute Gasteiger partial charge is 0.0851 e. The lowest BCUT2D eigenvalue weighted by Gasteiger charge is -2.37. The van der Waals surface area contributed by atoms with E-state index in [-0.39, 0.29) is 0 Å². The fourth-order valence-electron chi connectivity index (χ4n) is 6.83. The number of hydrogen-bond acceptors (Lipinski definition) is 0. The molecule has 0 amide bonds. The molecule has 0 heteroatoms. The zero-order valence-corrected chi connectivity index (χ0v) is 19.3. The van der Waals surface area contributed by atoms with Crippen LogP contribution in [0.5, 0.6) is 0 Å². The summed E-state index contributed by atoms with van der Waals surface area (Å²) >= 11 is 0. The first-order chi connectivity index (χ1) is 13.8. The van der Waals surface area contributed by atoms with Gasteiger partial charge in [0.15, 0.2) is 0 Å². The van der Waals surface area contributed by atoms with Crippen LogP contribution in [0.3, 0.4) is 0 Å². The van der Waals surface area contributed by atoms with Crippen LogP contribution >= 0.6 is 0 Å². The highest BCUT2D eigenvalue weighted by atomic mass is 14.4. The average molecular weight is 387 g/mol. The Hall–Kier alpha value is -0.260. The first-order valence-corrected chi connectivity index (χ1v) is 13.5. The molecule has 0 aromatic carbocycles. The van der Waals surface area contributed by atoms with E-state index in [1.807, 2.05) is 0 Å². The van der Waals surface area contributed by atoms with Crippen LogP contribution in [0, 0.1) is 35.5 Å². The number of hydrogen-bond donors (Lipinski definition) is 0. The molecule has 3 rings (SSSR count).